The smallest absolute Gasteiger partial charge is 0.317 e. The Kier molecular flexibility index (Phi) is 4.51. The lowest BCUT2D eigenvalue weighted by molar-refractivity contribution is -0.142. The van der Waals surface area contributed by atoms with Crippen molar-refractivity contribution in [3.8, 4) is 0 Å². The number of urea groups is 1. The van der Waals surface area contributed by atoms with Crippen LogP contribution in [0, 0.1) is 25.7 Å². The number of carboxylic acid groups (broad SMARTS) is 1. The zero-order valence-electron chi connectivity index (χ0n) is 12.7. The molecule has 1 fully saturated rings. The Morgan fingerprint density at radius 3 is 2.57 bits per heavy atom. The van der Waals surface area contributed by atoms with Crippen LogP contribution in [0.15, 0.2) is 0 Å². The van der Waals surface area contributed by atoms with Crippen molar-refractivity contribution in [1.82, 2.24) is 15.2 Å². The zero-order chi connectivity index (χ0) is 15.7. The minimum absolute atomic E-state index is 0.0176. The van der Waals surface area contributed by atoms with Gasteiger partial charge in [0, 0.05) is 18.0 Å². The molecule has 1 saturated heterocycles. The number of hydrogen-bond donors (Lipinski definition) is 2. The fourth-order valence-electron chi connectivity index (χ4n) is 2.74. The Labute approximate surface area is 128 Å². The second kappa shape index (κ2) is 6.01. The summed E-state index contributed by atoms with van der Waals surface area (Å²) in [5, 5.41) is 13.0. The van der Waals surface area contributed by atoms with Crippen LogP contribution in [0.2, 0.25) is 0 Å². The summed E-state index contributed by atoms with van der Waals surface area (Å²) in [6, 6.07) is -0.327. The van der Waals surface area contributed by atoms with Crippen LogP contribution < -0.4 is 5.32 Å². The van der Waals surface area contributed by atoms with E-state index in [1.165, 1.54) is 0 Å². The van der Waals surface area contributed by atoms with E-state index in [1.54, 1.807) is 16.2 Å². The molecule has 116 valence electrons. The van der Waals surface area contributed by atoms with Crippen LogP contribution in [0.3, 0.4) is 0 Å². The molecule has 0 spiro atoms. The molecule has 2 N–H and O–H groups in total. The lowest BCUT2D eigenvalue weighted by Gasteiger charge is -2.20. The summed E-state index contributed by atoms with van der Waals surface area (Å²) in [5.41, 5.74) is 0.934. The van der Waals surface area contributed by atoms with Crippen LogP contribution in [-0.2, 0) is 4.79 Å². The third-order valence-electron chi connectivity index (χ3n) is 3.89. The minimum atomic E-state index is -0.834. The fraction of sp³-hybridized carbons (Fsp3) is 0.643. The molecule has 3 unspecified atom stereocenters. The number of carbonyl (C=O) groups is 2. The molecule has 1 aromatic heterocycles. The maximum Gasteiger partial charge on any atom is 0.317 e. The normalized spacial score (nSPS) is 23.1. The quantitative estimate of drug-likeness (QED) is 0.896. The van der Waals surface area contributed by atoms with Crippen molar-refractivity contribution in [2.24, 2.45) is 11.8 Å². The molecular formula is C14H21N3O3S. The molecule has 21 heavy (non-hydrogen) atoms. The maximum absolute atomic E-state index is 12.3. The summed E-state index contributed by atoms with van der Waals surface area (Å²) >= 11 is 1.57. The van der Waals surface area contributed by atoms with Gasteiger partial charge in [0.1, 0.15) is 0 Å². The van der Waals surface area contributed by atoms with E-state index in [4.69, 9.17) is 5.11 Å². The van der Waals surface area contributed by atoms with Crippen LogP contribution in [-0.4, -0.2) is 40.1 Å². The van der Waals surface area contributed by atoms with Crippen LogP contribution in [0.4, 0.5) is 4.79 Å². The first-order valence-electron chi connectivity index (χ1n) is 7.01. The largest absolute Gasteiger partial charge is 0.481 e. The number of hydrogen-bond acceptors (Lipinski definition) is 4. The fourth-order valence-corrected chi connectivity index (χ4v) is 3.67. The third kappa shape index (κ3) is 3.34. The van der Waals surface area contributed by atoms with E-state index in [-0.39, 0.29) is 24.5 Å². The van der Waals surface area contributed by atoms with Gasteiger partial charge in [-0.05, 0) is 26.7 Å². The number of aromatic nitrogens is 1. The van der Waals surface area contributed by atoms with E-state index in [9.17, 15) is 9.59 Å². The summed E-state index contributed by atoms with van der Waals surface area (Å²) in [7, 11) is 0. The Morgan fingerprint density at radius 1 is 1.43 bits per heavy atom. The van der Waals surface area contributed by atoms with Gasteiger partial charge in [-0.2, -0.15) is 0 Å². The van der Waals surface area contributed by atoms with Crippen molar-refractivity contribution in [1.29, 1.82) is 0 Å². The molecule has 6 nitrogen and oxygen atoms in total. The highest BCUT2D eigenvalue weighted by molar-refractivity contribution is 7.11. The highest BCUT2D eigenvalue weighted by Crippen LogP contribution is 2.26. The Hall–Kier alpha value is -1.63. The van der Waals surface area contributed by atoms with Crippen LogP contribution in [0.25, 0.3) is 0 Å². The van der Waals surface area contributed by atoms with E-state index < -0.39 is 11.9 Å². The Bertz CT molecular complexity index is 558. The summed E-state index contributed by atoms with van der Waals surface area (Å²) in [6.07, 6.45) is 0. The molecule has 7 heteroatoms. The number of thiazole rings is 1. The van der Waals surface area contributed by atoms with Gasteiger partial charge in [0.25, 0.3) is 0 Å². The van der Waals surface area contributed by atoms with Crippen molar-refractivity contribution < 1.29 is 14.7 Å². The first kappa shape index (κ1) is 15.8. The number of rotatable bonds is 3. The average molecular weight is 311 g/mol. The van der Waals surface area contributed by atoms with Gasteiger partial charge in [0.05, 0.1) is 22.7 Å². The molecule has 0 bridgehead atoms. The van der Waals surface area contributed by atoms with Crippen LogP contribution in [0.5, 0.6) is 0 Å². The van der Waals surface area contributed by atoms with E-state index >= 15 is 0 Å². The van der Waals surface area contributed by atoms with Gasteiger partial charge >= 0.3 is 12.0 Å². The average Bonchev–Trinajstić information content (AvgIpc) is 2.92. The van der Waals surface area contributed by atoms with Gasteiger partial charge < -0.3 is 15.3 Å². The van der Waals surface area contributed by atoms with E-state index in [2.05, 4.69) is 10.3 Å². The standard InChI is InChI=1S/C14H21N3O3S/c1-7-5-17(6-11(7)13(18)19)14(20)16-9(3)12-8(2)15-10(4)21-12/h7,9,11H,5-6H2,1-4H3,(H,16,20)(H,18,19). The number of likely N-dealkylation sites (tertiary alicyclic amines) is 1. The highest BCUT2D eigenvalue weighted by Gasteiger charge is 2.37. The number of nitrogens with one attached hydrogen (secondary N) is 1. The van der Waals surface area contributed by atoms with Gasteiger partial charge in [-0.15, -0.1) is 11.3 Å². The van der Waals surface area contributed by atoms with E-state index in [1.807, 2.05) is 27.7 Å². The van der Waals surface area contributed by atoms with Gasteiger partial charge in [0.15, 0.2) is 0 Å². The molecule has 0 aliphatic carbocycles. The van der Waals surface area contributed by atoms with E-state index in [0.29, 0.717) is 6.54 Å². The molecule has 2 heterocycles. The molecule has 0 aromatic carbocycles. The first-order valence-corrected chi connectivity index (χ1v) is 7.83. The number of aliphatic carboxylic acids is 1. The second-order valence-corrected chi connectivity index (χ2v) is 6.92. The van der Waals surface area contributed by atoms with Crippen molar-refractivity contribution in [3.05, 3.63) is 15.6 Å². The molecule has 1 aliphatic rings. The number of amides is 2. The van der Waals surface area contributed by atoms with Crippen LogP contribution in [0.1, 0.15) is 35.5 Å². The van der Waals surface area contributed by atoms with Crippen molar-refractivity contribution in [3.63, 3.8) is 0 Å². The van der Waals surface area contributed by atoms with Gasteiger partial charge in [-0.3, -0.25) is 4.79 Å². The van der Waals surface area contributed by atoms with Crippen molar-refractivity contribution in [2.45, 2.75) is 33.7 Å². The maximum atomic E-state index is 12.3. The highest BCUT2D eigenvalue weighted by atomic mass is 32.1. The molecular weight excluding hydrogens is 290 g/mol. The van der Waals surface area contributed by atoms with Crippen molar-refractivity contribution >= 4 is 23.3 Å². The Balaban J connectivity index is 1.99. The molecule has 0 saturated carbocycles. The zero-order valence-corrected chi connectivity index (χ0v) is 13.5. The topological polar surface area (TPSA) is 82.5 Å². The summed E-state index contributed by atoms with van der Waals surface area (Å²) in [4.78, 5) is 30.4. The van der Waals surface area contributed by atoms with E-state index in [0.717, 1.165) is 15.6 Å². The van der Waals surface area contributed by atoms with Gasteiger partial charge in [-0.1, -0.05) is 6.92 Å². The minimum Gasteiger partial charge on any atom is -0.481 e. The molecule has 2 amide bonds. The molecule has 1 aromatic rings. The number of carbonyl (C=O) groups excluding carboxylic acids is 1. The monoisotopic (exact) mass is 311 g/mol. The second-order valence-electron chi connectivity index (χ2n) is 5.68. The molecule has 2 rings (SSSR count). The lowest BCUT2D eigenvalue weighted by atomic mass is 9.99. The van der Waals surface area contributed by atoms with Gasteiger partial charge in [0.2, 0.25) is 0 Å². The number of nitrogens with zero attached hydrogens (tertiary/aromatic N) is 2. The number of aryl methyl sites for hydroxylation is 2. The van der Waals surface area contributed by atoms with Crippen LogP contribution >= 0.6 is 11.3 Å². The molecule has 0 radical (unpaired) electrons. The Morgan fingerprint density at radius 2 is 2.10 bits per heavy atom. The summed E-state index contributed by atoms with van der Waals surface area (Å²) in [6.45, 7) is 8.42. The lowest BCUT2D eigenvalue weighted by Crippen LogP contribution is -2.40. The summed E-state index contributed by atoms with van der Waals surface area (Å²) < 4.78 is 0. The third-order valence-corrected chi connectivity index (χ3v) is 5.14. The van der Waals surface area contributed by atoms with Gasteiger partial charge in [-0.25, -0.2) is 9.78 Å². The number of carboxylic acids is 1. The van der Waals surface area contributed by atoms with Crippen molar-refractivity contribution in [2.75, 3.05) is 13.1 Å². The first-order chi connectivity index (χ1) is 9.79. The predicted molar refractivity (Wildman–Crippen MR) is 80.4 cm³/mol. The molecule has 3 atom stereocenters. The predicted octanol–water partition coefficient (Wildman–Crippen LogP) is 2.18. The SMILES string of the molecule is Cc1nc(C)c(C(C)NC(=O)N2CC(C)C(C(=O)O)C2)s1. The summed E-state index contributed by atoms with van der Waals surface area (Å²) in [5.74, 6) is -1.32. The molecule has 1 aliphatic heterocycles.